The zero-order valence-electron chi connectivity index (χ0n) is 13.5. The Morgan fingerprint density at radius 1 is 1.24 bits per heavy atom. The molecule has 0 aliphatic heterocycles. The van der Waals surface area contributed by atoms with E-state index < -0.39 is 16.4 Å². The summed E-state index contributed by atoms with van der Waals surface area (Å²) in [7, 11) is 1.53. The van der Waals surface area contributed by atoms with Crippen LogP contribution in [0.5, 0.6) is 11.5 Å². The maximum Gasteiger partial charge on any atom is 0.285 e. The van der Waals surface area contributed by atoms with E-state index in [1.54, 1.807) is 18.2 Å². The maximum atomic E-state index is 11.9. The molecule has 0 aliphatic carbocycles. The fourth-order valence-electron chi connectivity index (χ4n) is 2.05. The van der Waals surface area contributed by atoms with E-state index in [2.05, 4.69) is 5.32 Å². The third-order valence-corrected chi connectivity index (χ3v) is 3.24. The van der Waals surface area contributed by atoms with Gasteiger partial charge in [0.05, 0.1) is 24.8 Å². The molecule has 0 radical (unpaired) electrons. The SMILES string of the molecule is COc1ccccc1OCCNC(=O)Cn1cc([N+](=O)[O-])ccc1=O. The third kappa shape index (κ3) is 5.06. The molecule has 0 saturated heterocycles. The molecule has 0 unspecified atom stereocenters. The van der Waals surface area contributed by atoms with E-state index in [0.717, 1.165) is 22.9 Å². The fourth-order valence-corrected chi connectivity index (χ4v) is 2.05. The lowest BCUT2D eigenvalue weighted by Crippen LogP contribution is -2.34. The van der Waals surface area contributed by atoms with Crippen LogP contribution in [-0.2, 0) is 11.3 Å². The second-order valence-corrected chi connectivity index (χ2v) is 4.96. The lowest BCUT2D eigenvalue weighted by molar-refractivity contribution is -0.385. The molecule has 2 rings (SSSR count). The van der Waals surface area contributed by atoms with Crippen molar-refractivity contribution in [1.29, 1.82) is 0 Å². The van der Waals surface area contributed by atoms with Gasteiger partial charge in [0.25, 0.3) is 11.2 Å². The molecular weight excluding hydrogens is 330 g/mol. The van der Waals surface area contributed by atoms with Crippen molar-refractivity contribution in [1.82, 2.24) is 9.88 Å². The quantitative estimate of drug-likeness (QED) is 0.432. The number of para-hydroxylation sites is 2. The first-order chi connectivity index (χ1) is 12.0. The molecule has 1 amide bonds. The predicted octanol–water partition coefficient (Wildman–Crippen LogP) is 0.960. The van der Waals surface area contributed by atoms with E-state index in [1.165, 1.54) is 7.11 Å². The number of hydrogen-bond donors (Lipinski definition) is 1. The number of hydrogen-bond acceptors (Lipinski definition) is 6. The van der Waals surface area contributed by atoms with Gasteiger partial charge in [0.1, 0.15) is 13.2 Å². The van der Waals surface area contributed by atoms with Crippen molar-refractivity contribution in [3.8, 4) is 11.5 Å². The minimum Gasteiger partial charge on any atom is -0.493 e. The first kappa shape index (κ1) is 18.0. The number of carbonyl (C=O) groups excluding carboxylic acids is 1. The van der Waals surface area contributed by atoms with Gasteiger partial charge >= 0.3 is 0 Å². The van der Waals surface area contributed by atoms with Gasteiger partial charge in [-0.05, 0) is 12.1 Å². The molecule has 0 aliphatic rings. The van der Waals surface area contributed by atoms with Crippen LogP contribution in [0.3, 0.4) is 0 Å². The first-order valence-electron chi connectivity index (χ1n) is 7.38. The Balaban J connectivity index is 1.84. The first-order valence-corrected chi connectivity index (χ1v) is 7.38. The number of pyridine rings is 1. The fraction of sp³-hybridized carbons (Fsp3) is 0.250. The molecule has 1 aromatic carbocycles. The van der Waals surface area contributed by atoms with Crippen LogP contribution in [0.2, 0.25) is 0 Å². The summed E-state index contributed by atoms with van der Waals surface area (Å²) in [6.45, 7) is 0.103. The minimum absolute atomic E-state index is 0.204. The smallest absolute Gasteiger partial charge is 0.285 e. The van der Waals surface area contributed by atoms with Crippen molar-refractivity contribution in [2.45, 2.75) is 6.54 Å². The molecule has 1 heterocycles. The van der Waals surface area contributed by atoms with Crippen LogP contribution in [0.25, 0.3) is 0 Å². The molecule has 1 N–H and O–H groups in total. The summed E-state index contributed by atoms with van der Waals surface area (Å²) in [4.78, 5) is 33.6. The largest absolute Gasteiger partial charge is 0.493 e. The monoisotopic (exact) mass is 347 g/mol. The van der Waals surface area contributed by atoms with Crippen molar-refractivity contribution < 1.29 is 19.2 Å². The highest BCUT2D eigenvalue weighted by Gasteiger charge is 2.10. The van der Waals surface area contributed by atoms with Gasteiger partial charge in [0, 0.05) is 12.1 Å². The number of carbonyl (C=O) groups is 1. The Morgan fingerprint density at radius 2 is 1.96 bits per heavy atom. The number of nitrogens with zero attached hydrogens (tertiary/aromatic N) is 2. The molecule has 0 bridgehead atoms. The molecule has 1 aromatic heterocycles. The van der Waals surface area contributed by atoms with Gasteiger partial charge in [-0.3, -0.25) is 24.3 Å². The second kappa shape index (κ2) is 8.48. The molecule has 9 heteroatoms. The average molecular weight is 347 g/mol. The molecule has 2 aromatic rings. The van der Waals surface area contributed by atoms with E-state index in [4.69, 9.17) is 9.47 Å². The molecule has 9 nitrogen and oxygen atoms in total. The molecule has 25 heavy (non-hydrogen) atoms. The van der Waals surface area contributed by atoms with Gasteiger partial charge in [-0.1, -0.05) is 12.1 Å². The minimum atomic E-state index is -0.630. The summed E-state index contributed by atoms with van der Waals surface area (Å²) in [5.74, 6) is 0.678. The summed E-state index contributed by atoms with van der Waals surface area (Å²) >= 11 is 0. The Morgan fingerprint density at radius 3 is 2.64 bits per heavy atom. The van der Waals surface area contributed by atoms with E-state index in [1.807, 2.05) is 6.07 Å². The second-order valence-electron chi connectivity index (χ2n) is 4.96. The number of aromatic nitrogens is 1. The summed E-state index contributed by atoms with van der Waals surface area (Å²) in [5.41, 5.74) is -0.752. The van der Waals surface area contributed by atoms with Crippen LogP contribution in [0.4, 0.5) is 5.69 Å². The predicted molar refractivity (Wildman–Crippen MR) is 88.9 cm³/mol. The maximum absolute atomic E-state index is 11.9. The van der Waals surface area contributed by atoms with Gasteiger partial charge in [0.15, 0.2) is 11.5 Å². The zero-order valence-corrected chi connectivity index (χ0v) is 13.5. The van der Waals surface area contributed by atoms with Gasteiger partial charge in [0.2, 0.25) is 5.91 Å². The molecule has 0 fully saturated rings. The lowest BCUT2D eigenvalue weighted by atomic mass is 10.3. The van der Waals surface area contributed by atoms with Crippen molar-refractivity contribution in [2.75, 3.05) is 20.3 Å². The van der Waals surface area contributed by atoms with Gasteiger partial charge in [-0.2, -0.15) is 0 Å². The Labute approximate surface area is 142 Å². The number of nitro groups is 1. The summed E-state index contributed by atoms with van der Waals surface area (Å²) in [5, 5.41) is 13.3. The van der Waals surface area contributed by atoms with E-state index in [9.17, 15) is 19.7 Å². The van der Waals surface area contributed by atoms with Crippen molar-refractivity contribution in [2.24, 2.45) is 0 Å². The highest BCUT2D eigenvalue weighted by atomic mass is 16.6. The molecule has 132 valence electrons. The number of nitrogens with one attached hydrogen (secondary N) is 1. The van der Waals surface area contributed by atoms with Gasteiger partial charge in [-0.15, -0.1) is 0 Å². The number of ether oxygens (including phenoxy) is 2. The van der Waals surface area contributed by atoms with Crippen LogP contribution in [0.1, 0.15) is 0 Å². The number of rotatable bonds is 8. The summed E-state index contributed by atoms with van der Waals surface area (Å²) in [6.07, 6.45) is 1.03. The Hall–Kier alpha value is -3.36. The molecular formula is C16H17N3O6. The zero-order chi connectivity index (χ0) is 18.2. The average Bonchev–Trinajstić information content (AvgIpc) is 2.60. The standard InChI is InChI=1S/C16H17N3O6/c1-24-13-4-2-3-5-14(13)25-9-8-17-15(20)11-18-10-12(19(22)23)6-7-16(18)21/h2-7,10H,8-9,11H2,1H3,(H,17,20). The highest BCUT2D eigenvalue weighted by molar-refractivity contribution is 5.75. The van der Waals surface area contributed by atoms with Crippen LogP contribution in [0, 0.1) is 10.1 Å². The number of amides is 1. The number of methoxy groups -OCH3 is 1. The normalized spacial score (nSPS) is 10.1. The van der Waals surface area contributed by atoms with Crippen LogP contribution >= 0.6 is 0 Å². The summed E-state index contributed by atoms with van der Waals surface area (Å²) in [6, 6.07) is 9.25. The molecule has 0 atom stereocenters. The summed E-state index contributed by atoms with van der Waals surface area (Å²) < 4.78 is 11.6. The van der Waals surface area contributed by atoms with Crippen LogP contribution < -0.4 is 20.3 Å². The van der Waals surface area contributed by atoms with Crippen LogP contribution in [-0.4, -0.2) is 35.7 Å². The molecule has 0 saturated carbocycles. The van der Waals surface area contributed by atoms with E-state index in [0.29, 0.717) is 11.5 Å². The number of benzene rings is 1. The molecule has 0 spiro atoms. The van der Waals surface area contributed by atoms with Crippen molar-refractivity contribution in [3.05, 3.63) is 63.1 Å². The third-order valence-electron chi connectivity index (χ3n) is 3.24. The van der Waals surface area contributed by atoms with Gasteiger partial charge < -0.3 is 14.8 Å². The Kier molecular flexibility index (Phi) is 6.10. The van der Waals surface area contributed by atoms with Crippen molar-refractivity contribution >= 4 is 11.6 Å². The van der Waals surface area contributed by atoms with E-state index in [-0.39, 0.29) is 25.4 Å². The van der Waals surface area contributed by atoms with Gasteiger partial charge in [-0.25, -0.2) is 0 Å². The lowest BCUT2D eigenvalue weighted by Gasteiger charge is -2.11. The topological polar surface area (TPSA) is 113 Å². The Bertz CT molecular complexity index is 818. The van der Waals surface area contributed by atoms with E-state index >= 15 is 0 Å². The van der Waals surface area contributed by atoms with Crippen LogP contribution in [0.15, 0.2) is 47.4 Å². The van der Waals surface area contributed by atoms with Crippen molar-refractivity contribution in [3.63, 3.8) is 0 Å². The highest BCUT2D eigenvalue weighted by Crippen LogP contribution is 2.25.